The lowest BCUT2D eigenvalue weighted by Gasteiger charge is -2.18. The number of rotatable bonds is 8. The number of hydrogen-bond acceptors (Lipinski definition) is 5. The minimum atomic E-state index is -0.432. The molecule has 0 saturated heterocycles. The first-order chi connectivity index (χ1) is 13.0. The van der Waals surface area contributed by atoms with Crippen molar-refractivity contribution in [2.24, 2.45) is 0 Å². The van der Waals surface area contributed by atoms with Gasteiger partial charge >= 0.3 is 5.97 Å². The van der Waals surface area contributed by atoms with Gasteiger partial charge in [0.1, 0.15) is 5.69 Å². The highest BCUT2D eigenvalue weighted by molar-refractivity contribution is 6.03. The molecule has 0 bridgehead atoms. The van der Waals surface area contributed by atoms with Gasteiger partial charge in [-0.2, -0.15) is 0 Å². The molecule has 0 fully saturated rings. The molecule has 0 atom stereocenters. The highest BCUT2D eigenvalue weighted by atomic mass is 16.5. The summed E-state index contributed by atoms with van der Waals surface area (Å²) < 4.78 is 4.98. The van der Waals surface area contributed by atoms with Crippen LogP contribution in [-0.4, -0.2) is 41.5 Å². The van der Waals surface area contributed by atoms with Crippen molar-refractivity contribution < 1.29 is 14.3 Å². The van der Waals surface area contributed by atoms with Crippen LogP contribution < -0.4 is 5.32 Å². The minimum Gasteiger partial charge on any atom is -0.462 e. The molecule has 0 radical (unpaired) electrons. The van der Waals surface area contributed by atoms with E-state index in [1.54, 1.807) is 19.9 Å². The molecule has 27 heavy (non-hydrogen) atoms. The summed E-state index contributed by atoms with van der Waals surface area (Å²) in [5.41, 5.74) is 2.96. The molecule has 144 valence electrons. The van der Waals surface area contributed by atoms with Gasteiger partial charge < -0.3 is 10.1 Å². The molecule has 1 heterocycles. The van der Waals surface area contributed by atoms with Crippen molar-refractivity contribution in [1.82, 2.24) is 9.88 Å². The largest absolute Gasteiger partial charge is 0.462 e. The molecule has 2 rings (SSSR count). The standard InChI is InChI=1S/C21H27N3O3/c1-5-24(6-2)14-16-9-8-10-17(13-16)23-20(25)19-12-11-18(15(4)22-19)21(26)27-7-3/h8-13H,5-7,14H2,1-4H3,(H,23,25). The fraction of sp³-hybridized carbons (Fsp3) is 0.381. The van der Waals surface area contributed by atoms with Gasteiger partial charge in [-0.05, 0) is 56.8 Å². The number of anilines is 1. The lowest BCUT2D eigenvalue weighted by molar-refractivity contribution is 0.0524. The van der Waals surface area contributed by atoms with Gasteiger partial charge in [-0.15, -0.1) is 0 Å². The number of carbonyl (C=O) groups excluding carboxylic acids is 2. The van der Waals surface area contributed by atoms with Crippen molar-refractivity contribution in [1.29, 1.82) is 0 Å². The molecule has 0 aliphatic carbocycles. The number of hydrogen-bond donors (Lipinski definition) is 1. The Morgan fingerprint density at radius 1 is 1.11 bits per heavy atom. The van der Waals surface area contributed by atoms with E-state index in [0.29, 0.717) is 17.9 Å². The molecular formula is C21H27N3O3. The van der Waals surface area contributed by atoms with Crippen molar-refractivity contribution in [2.75, 3.05) is 25.0 Å². The summed E-state index contributed by atoms with van der Waals surface area (Å²) in [5, 5.41) is 2.87. The van der Waals surface area contributed by atoms with E-state index < -0.39 is 5.97 Å². The average Bonchev–Trinajstić information content (AvgIpc) is 2.66. The van der Waals surface area contributed by atoms with Gasteiger partial charge in [-0.3, -0.25) is 9.69 Å². The highest BCUT2D eigenvalue weighted by Crippen LogP contribution is 2.15. The maximum Gasteiger partial charge on any atom is 0.339 e. The third-order valence-electron chi connectivity index (χ3n) is 4.30. The Morgan fingerprint density at radius 2 is 1.85 bits per heavy atom. The van der Waals surface area contributed by atoms with E-state index in [0.717, 1.165) is 30.9 Å². The quantitative estimate of drug-likeness (QED) is 0.719. The van der Waals surface area contributed by atoms with Crippen molar-refractivity contribution >= 4 is 17.6 Å². The Hall–Kier alpha value is -2.73. The number of ether oxygens (including phenoxy) is 1. The summed E-state index contributed by atoms with van der Waals surface area (Å²) in [6.45, 7) is 10.8. The Balaban J connectivity index is 2.11. The normalized spacial score (nSPS) is 10.7. The van der Waals surface area contributed by atoms with E-state index in [4.69, 9.17) is 4.74 Å². The van der Waals surface area contributed by atoms with Gasteiger partial charge in [0.2, 0.25) is 0 Å². The number of carbonyl (C=O) groups is 2. The Bertz CT molecular complexity index is 801. The first-order valence-corrected chi connectivity index (χ1v) is 9.25. The van der Waals surface area contributed by atoms with Gasteiger partial charge in [0.25, 0.3) is 5.91 Å². The predicted molar refractivity (Wildman–Crippen MR) is 106 cm³/mol. The van der Waals surface area contributed by atoms with Crippen LogP contribution in [0.3, 0.4) is 0 Å². The van der Waals surface area contributed by atoms with Crippen LogP contribution in [0.2, 0.25) is 0 Å². The lowest BCUT2D eigenvalue weighted by atomic mass is 10.1. The summed E-state index contributed by atoms with van der Waals surface area (Å²) >= 11 is 0. The van der Waals surface area contributed by atoms with Crippen molar-refractivity contribution in [3.05, 3.63) is 58.9 Å². The summed E-state index contributed by atoms with van der Waals surface area (Å²) in [7, 11) is 0. The molecule has 1 N–H and O–H groups in total. The summed E-state index contributed by atoms with van der Waals surface area (Å²) in [6, 6.07) is 10.9. The molecule has 1 aromatic heterocycles. The number of esters is 1. The molecule has 6 heteroatoms. The zero-order valence-corrected chi connectivity index (χ0v) is 16.4. The Morgan fingerprint density at radius 3 is 2.48 bits per heavy atom. The maximum absolute atomic E-state index is 12.5. The maximum atomic E-state index is 12.5. The minimum absolute atomic E-state index is 0.259. The van der Waals surface area contributed by atoms with Gasteiger partial charge in [-0.25, -0.2) is 9.78 Å². The molecule has 0 saturated carbocycles. The van der Waals surface area contributed by atoms with Gasteiger partial charge in [0, 0.05) is 12.2 Å². The molecule has 0 aliphatic heterocycles. The van der Waals surface area contributed by atoms with Crippen LogP contribution in [0.4, 0.5) is 5.69 Å². The van der Waals surface area contributed by atoms with Crippen LogP contribution in [-0.2, 0) is 11.3 Å². The summed E-state index contributed by atoms with van der Waals surface area (Å²) in [5.74, 6) is -0.743. The van der Waals surface area contributed by atoms with E-state index >= 15 is 0 Å². The molecule has 1 amide bonds. The van der Waals surface area contributed by atoms with Crippen molar-refractivity contribution in [3.63, 3.8) is 0 Å². The monoisotopic (exact) mass is 369 g/mol. The number of aromatic nitrogens is 1. The zero-order chi connectivity index (χ0) is 19.8. The first kappa shape index (κ1) is 20.6. The zero-order valence-electron chi connectivity index (χ0n) is 16.4. The van der Waals surface area contributed by atoms with E-state index in [1.807, 2.05) is 24.3 Å². The van der Waals surface area contributed by atoms with Gasteiger partial charge in [0.05, 0.1) is 17.9 Å². The van der Waals surface area contributed by atoms with E-state index in [2.05, 4.69) is 29.0 Å². The van der Waals surface area contributed by atoms with Crippen LogP contribution in [0.5, 0.6) is 0 Å². The molecule has 2 aromatic rings. The predicted octanol–water partition coefficient (Wildman–Crippen LogP) is 3.66. The number of nitrogens with zero attached hydrogens (tertiary/aromatic N) is 2. The van der Waals surface area contributed by atoms with Crippen molar-refractivity contribution in [2.45, 2.75) is 34.2 Å². The van der Waals surface area contributed by atoms with Crippen LogP contribution in [0.15, 0.2) is 36.4 Å². The molecule has 6 nitrogen and oxygen atoms in total. The van der Waals surface area contributed by atoms with E-state index in [1.165, 1.54) is 6.07 Å². The SMILES string of the molecule is CCOC(=O)c1ccc(C(=O)Nc2cccc(CN(CC)CC)c2)nc1C. The second-order valence-electron chi connectivity index (χ2n) is 6.17. The van der Waals surface area contributed by atoms with E-state index in [9.17, 15) is 9.59 Å². The Kier molecular flexibility index (Phi) is 7.49. The van der Waals surface area contributed by atoms with Crippen LogP contribution in [0.25, 0.3) is 0 Å². The smallest absolute Gasteiger partial charge is 0.339 e. The molecule has 0 aliphatic rings. The lowest BCUT2D eigenvalue weighted by Crippen LogP contribution is -2.22. The fourth-order valence-corrected chi connectivity index (χ4v) is 2.76. The van der Waals surface area contributed by atoms with Crippen LogP contribution >= 0.6 is 0 Å². The fourth-order valence-electron chi connectivity index (χ4n) is 2.76. The topological polar surface area (TPSA) is 71.5 Å². The summed E-state index contributed by atoms with van der Waals surface area (Å²) in [4.78, 5) is 30.9. The third-order valence-corrected chi connectivity index (χ3v) is 4.30. The third kappa shape index (κ3) is 5.62. The molecular weight excluding hydrogens is 342 g/mol. The second-order valence-corrected chi connectivity index (χ2v) is 6.17. The number of benzene rings is 1. The number of amides is 1. The number of pyridine rings is 1. The van der Waals surface area contributed by atoms with Crippen molar-refractivity contribution in [3.8, 4) is 0 Å². The van der Waals surface area contributed by atoms with Gasteiger partial charge in [-0.1, -0.05) is 26.0 Å². The number of aryl methyl sites for hydroxylation is 1. The van der Waals surface area contributed by atoms with Crippen LogP contribution in [0.1, 0.15) is 52.9 Å². The second kappa shape index (κ2) is 9.83. The van der Waals surface area contributed by atoms with Gasteiger partial charge in [0.15, 0.2) is 0 Å². The molecule has 0 unspecified atom stereocenters. The average molecular weight is 369 g/mol. The number of nitrogens with one attached hydrogen (secondary N) is 1. The molecule has 1 aromatic carbocycles. The van der Waals surface area contributed by atoms with Crippen LogP contribution in [0, 0.1) is 6.92 Å². The Labute approximate surface area is 160 Å². The molecule has 0 spiro atoms. The first-order valence-electron chi connectivity index (χ1n) is 9.25. The highest BCUT2D eigenvalue weighted by Gasteiger charge is 2.15. The van der Waals surface area contributed by atoms with E-state index in [-0.39, 0.29) is 11.6 Å². The summed E-state index contributed by atoms with van der Waals surface area (Å²) in [6.07, 6.45) is 0.